The first-order chi connectivity index (χ1) is 12.0. The monoisotopic (exact) mass is 342 g/mol. The summed E-state index contributed by atoms with van der Waals surface area (Å²) in [4.78, 5) is 22.1. The molecule has 0 unspecified atom stereocenters. The first kappa shape index (κ1) is 17.3. The summed E-state index contributed by atoms with van der Waals surface area (Å²) in [6, 6.07) is 5.31. The van der Waals surface area contributed by atoms with Crippen molar-refractivity contribution in [2.75, 3.05) is 27.2 Å². The maximum absolute atomic E-state index is 11.9. The van der Waals surface area contributed by atoms with E-state index in [4.69, 9.17) is 9.39 Å². The minimum absolute atomic E-state index is 0.226. The van der Waals surface area contributed by atoms with E-state index in [1.165, 1.54) is 12.4 Å². The number of nitrogens with zero attached hydrogens (tertiary/aromatic N) is 3. The largest absolute Gasteiger partial charge is 0.491 e. The van der Waals surface area contributed by atoms with Crippen molar-refractivity contribution in [2.24, 2.45) is 0 Å². The van der Waals surface area contributed by atoms with Crippen LogP contribution in [0.4, 0.5) is 0 Å². The molecule has 1 aliphatic rings. The summed E-state index contributed by atoms with van der Waals surface area (Å²) in [5.41, 5.74) is 1.84. The highest BCUT2D eigenvalue weighted by Gasteiger charge is 2.27. The first-order valence-corrected chi connectivity index (χ1v) is 7.88. The summed E-state index contributed by atoms with van der Waals surface area (Å²) in [5, 5.41) is 12.5. The second-order valence-corrected chi connectivity index (χ2v) is 5.93. The molecule has 2 heterocycles. The van der Waals surface area contributed by atoms with Crippen LogP contribution < -0.4 is 15.5 Å². The molecule has 0 saturated carbocycles. The van der Waals surface area contributed by atoms with Gasteiger partial charge in [-0.25, -0.2) is 9.97 Å². The van der Waals surface area contributed by atoms with E-state index in [1.54, 1.807) is 12.1 Å². The van der Waals surface area contributed by atoms with Gasteiger partial charge in [0.05, 0.1) is 19.0 Å². The predicted molar refractivity (Wildman–Crippen MR) is 91.8 cm³/mol. The van der Waals surface area contributed by atoms with Gasteiger partial charge in [0.15, 0.2) is 0 Å². The normalized spacial score (nSPS) is 13.0. The average molecular weight is 342 g/mol. The molecule has 0 aliphatic carbocycles. The Bertz CT molecular complexity index is 754. The van der Waals surface area contributed by atoms with Gasteiger partial charge in [0, 0.05) is 13.1 Å². The Kier molecular flexibility index (Phi) is 5.27. The van der Waals surface area contributed by atoms with Gasteiger partial charge in [-0.05, 0) is 37.3 Å². The van der Waals surface area contributed by atoms with Crippen molar-refractivity contribution in [3.05, 3.63) is 41.9 Å². The topological polar surface area (TPSA) is 96.8 Å². The van der Waals surface area contributed by atoms with E-state index >= 15 is 0 Å². The zero-order valence-corrected chi connectivity index (χ0v) is 14.1. The quantitative estimate of drug-likeness (QED) is 0.701. The molecule has 9 heteroatoms. The van der Waals surface area contributed by atoms with Crippen LogP contribution in [0.1, 0.15) is 16.1 Å². The lowest BCUT2D eigenvalue weighted by atomic mass is 9.79. The molecule has 0 radical (unpaired) electrons. The number of carbonyl (C=O) groups is 1. The number of fused-ring (bicyclic) bond motifs is 1. The Balaban J connectivity index is 1.61. The molecule has 8 nitrogen and oxygen atoms in total. The molecule has 0 saturated heterocycles. The van der Waals surface area contributed by atoms with Crippen molar-refractivity contribution in [3.8, 4) is 11.6 Å². The zero-order chi connectivity index (χ0) is 17.8. The lowest BCUT2D eigenvalue weighted by molar-refractivity contribution is 0.0945. The fraction of sp³-hybridized carbons (Fsp3) is 0.312. The third kappa shape index (κ3) is 4.33. The molecule has 2 aromatic rings. The molecule has 25 heavy (non-hydrogen) atoms. The van der Waals surface area contributed by atoms with Crippen LogP contribution in [0.3, 0.4) is 0 Å². The molecule has 1 aliphatic heterocycles. The minimum atomic E-state index is -0.933. The molecular weight excluding hydrogens is 323 g/mol. The Labute approximate surface area is 145 Å². The van der Waals surface area contributed by atoms with E-state index < -0.39 is 7.12 Å². The van der Waals surface area contributed by atoms with Gasteiger partial charge in [-0.3, -0.25) is 4.79 Å². The van der Waals surface area contributed by atoms with Gasteiger partial charge in [-0.1, -0.05) is 6.07 Å². The summed E-state index contributed by atoms with van der Waals surface area (Å²) < 4.78 is 10.8. The summed E-state index contributed by atoms with van der Waals surface area (Å²) in [6.07, 6.45) is 2.76. The number of hydrogen-bond donors (Lipinski definition) is 2. The van der Waals surface area contributed by atoms with Crippen molar-refractivity contribution >= 4 is 18.5 Å². The Morgan fingerprint density at radius 2 is 2.24 bits per heavy atom. The summed E-state index contributed by atoms with van der Waals surface area (Å²) in [7, 11) is 2.93. The second kappa shape index (κ2) is 7.60. The Hall–Kier alpha value is -2.49. The Morgan fingerprint density at radius 1 is 1.40 bits per heavy atom. The van der Waals surface area contributed by atoms with E-state index in [1.807, 2.05) is 25.1 Å². The summed E-state index contributed by atoms with van der Waals surface area (Å²) in [6.45, 7) is 1.66. The number of rotatable bonds is 6. The van der Waals surface area contributed by atoms with Gasteiger partial charge >= 0.3 is 7.12 Å². The van der Waals surface area contributed by atoms with Crippen LogP contribution in [0.15, 0.2) is 30.6 Å². The smallest absolute Gasteiger partial charge is 0.438 e. The van der Waals surface area contributed by atoms with Crippen LogP contribution in [0.25, 0.3) is 0 Å². The summed E-state index contributed by atoms with van der Waals surface area (Å²) in [5.74, 6) is 0.498. The maximum atomic E-state index is 11.9. The first-order valence-electron chi connectivity index (χ1n) is 7.88. The van der Waals surface area contributed by atoms with Crippen molar-refractivity contribution in [1.29, 1.82) is 0 Å². The molecule has 0 bridgehead atoms. The molecule has 3 rings (SSSR count). The van der Waals surface area contributed by atoms with Gasteiger partial charge < -0.3 is 24.6 Å². The lowest BCUT2D eigenvalue weighted by Crippen LogP contribution is -2.31. The van der Waals surface area contributed by atoms with Crippen molar-refractivity contribution in [3.63, 3.8) is 0 Å². The number of benzene rings is 1. The minimum Gasteiger partial charge on any atom is -0.438 e. The van der Waals surface area contributed by atoms with Crippen LogP contribution >= 0.6 is 0 Å². The number of nitrogens with one attached hydrogen (secondary N) is 1. The van der Waals surface area contributed by atoms with Crippen LogP contribution in [-0.2, 0) is 11.3 Å². The number of aromatic nitrogens is 2. The zero-order valence-electron chi connectivity index (χ0n) is 14.1. The second-order valence-electron chi connectivity index (χ2n) is 5.93. The summed E-state index contributed by atoms with van der Waals surface area (Å²) >= 11 is 0. The third-order valence-electron chi connectivity index (χ3n) is 3.71. The van der Waals surface area contributed by atoms with Gasteiger partial charge in [0.1, 0.15) is 11.4 Å². The number of ether oxygens (including phenoxy) is 1. The van der Waals surface area contributed by atoms with Crippen molar-refractivity contribution < 1.29 is 19.2 Å². The van der Waals surface area contributed by atoms with E-state index in [-0.39, 0.29) is 17.5 Å². The van der Waals surface area contributed by atoms with E-state index in [0.29, 0.717) is 24.4 Å². The van der Waals surface area contributed by atoms with Crippen LogP contribution in [0.5, 0.6) is 11.6 Å². The van der Waals surface area contributed by atoms with Crippen molar-refractivity contribution in [2.45, 2.75) is 6.61 Å². The van der Waals surface area contributed by atoms with Crippen molar-refractivity contribution in [1.82, 2.24) is 20.2 Å². The van der Waals surface area contributed by atoms with Crippen LogP contribution in [0.2, 0.25) is 0 Å². The number of hydrogen-bond acceptors (Lipinski definition) is 7. The standard InChI is InChI=1S/C16H19BN4O4/c1-21(2)6-5-18-16(22)14-8-20-15(9-19-14)25-12-4-3-11-10-24-17(23)13(11)7-12/h3-4,7-9,23H,5-6,10H2,1-2H3,(H,18,22). The van der Waals surface area contributed by atoms with Gasteiger partial charge in [0.25, 0.3) is 5.91 Å². The Morgan fingerprint density at radius 3 is 2.96 bits per heavy atom. The van der Waals surface area contributed by atoms with E-state index in [9.17, 15) is 9.82 Å². The lowest BCUT2D eigenvalue weighted by Gasteiger charge is -2.10. The molecule has 0 atom stereocenters. The molecule has 2 N–H and O–H groups in total. The molecule has 1 aromatic carbocycles. The van der Waals surface area contributed by atoms with Gasteiger partial charge in [0.2, 0.25) is 5.88 Å². The predicted octanol–water partition coefficient (Wildman–Crippen LogP) is -0.222. The third-order valence-corrected chi connectivity index (χ3v) is 3.71. The highest BCUT2D eigenvalue weighted by atomic mass is 16.5. The molecule has 1 aromatic heterocycles. The number of likely N-dealkylation sites (N-methyl/N-ethyl adjacent to an activating group) is 1. The van der Waals surface area contributed by atoms with Crippen LogP contribution in [-0.4, -0.2) is 60.1 Å². The van der Waals surface area contributed by atoms with Gasteiger partial charge in [-0.15, -0.1) is 0 Å². The highest BCUT2D eigenvalue weighted by Crippen LogP contribution is 2.20. The molecule has 1 amide bonds. The number of carbonyl (C=O) groups excluding carboxylic acids is 1. The van der Waals surface area contributed by atoms with Gasteiger partial charge in [-0.2, -0.15) is 0 Å². The average Bonchev–Trinajstić information content (AvgIpc) is 2.96. The van der Waals surface area contributed by atoms with E-state index in [0.717, 1.165) is 12.1 Å². The molecule has 0 fully saturated rings. The maximum Gasteiger partial charge on any atom is 0.491 e. The fourth-order valence-electron chi connectivity index (χ4n) is 2.35. The molecule has 0 spiro atoms. The number of amides is 1. The van der Waals surface area contributed by atoms with E-state index in [2.05, 4.69) is 15.3 Å². The fourth-order valence-corrected chi connectivity index (χ4v) is 2.35. The SMILES string of the molecule is CN(C)CCNC(=O)c1cnc(Oc2ccc3c(c2)B(O)OC3)cn1. The molecule has 130 valence electrons. The highest BCUT2D eigenvalue weighted by molar-refractivity contribution is 6.61. The molecular formula is C16H19BN4O4. The van der Waals surface area contributed by atoms with Crippen LogP contribution in [0, 0.1) is 0 Å².